The van der Waals surface area contributed by atoms with Gasteiger partial charge in [-0.2, -0.15) is 0 Å². The topological polar surface area (TPSA) is 92.1 Å². The van der Waals surface area contributed by atoms with Gasteiger partial charge in [-0.05, 0) is 203 Å². The van der Waals surface area contributed by atoms with Crippen LogP contribution in [-0.4, -0.2) is 43.6 Å². The van der Waals surface area contributed by atoms with Crippen LogP contribution in [-0.2, 0) is 6.42 Å². The van der Waals surface area contributed by atoms with Crippen molar-refractivity contribution < 1.29 is 0 Å². The molecule has 26 rings (SSSR count). The number of hydrogen-bond acceptors (Lipinski definition) is 6. The second kappa shape index (κ2) is 32.0. The van der Waals surface area contributed by atoms with Gasteiger partial charge in [0.25, 0.3) is 0 Å². The number of halogens is 1. The van der Waals surface area contributed by atoms with Crippen LogP contribution >= 0.6 is 11.6 Å². The molecule has 0 aliphatic heterocycles. The Morgan fingerprint density at radius 1 is 0.186 bits per heavy atom. The predicted molar refractivity (Wildman–Crippen MR) is 536 cm³/mol. The number of benzene rings is 20. The van der Waals surface area contributed by atoms with Crippen LogP contribution in [0.5, 0.6) is 0 Å². The van der Waals surface area contributed by atoms with Crippen LogP contribution in [0.3, 0.4) is 0 Å². The Bertz CT molecular complexity index is 8710. The molecule has 0 spiro atoms. The second-order valence-corrected chi connectivity index (χ2v) is 33.3. The molecule has 10 heteroatoms. The molecule has 604 valence electrons. The highest BCUT2D eigenvalue weighted by atomic mass is 35.5. The van der Waals surface area contributed by atoms with Gasteiger partial charge in [0, 0.05) is 71.5 Å². The molecule has 0 atom stereocenters. The summed E-state index contributed by atoms with van der Waals surface area (Å²) < 4.78 is 7.05. The smallest absolute Gasteiger partial charge is 0.166 e. The monoisotopic (exact) mass is 1670 g/mol. The van der Waals surface area contributed by atoms with Gasteiger partial charge in [-0.1, -0.05) is 351 Å². The number of rotatable bonds is 11. The standard InChI is InChI=1S/C59H37N5.C43H27ClN4.C17H12/c1-3-15-38(16-4-1)39-27-29-41(30-28-39)57-60-58(44-32-33-53-49(36-44)47-23-11-13-25-51(47)63(53)45-20-5-2-6-21-45)62-59(61-57)56-46-22-10-9-17-40(46)31-34-54(56)64-52-26-14-12-24-48(52)50-35-42-18-7-8-19-43(42)37-55(50)64;44-37-25-23-30-13-7-8-16-34(30)40(37)43-46-41(31-21-19-29(20-22-31)28-11-3-1-4-12-28)45-42(47-43)32-24-26-39-36(27-32)35-17-9-10-18-38(35)48(39)33-14-5-2-6-15-33;1-2-6-13-11-17-15(9-12(13)5-1)10-14-7-3-4-8-16(14)17/h1-37H;1-27H;1-9,11H,10H2. The van der Waals surface area contributed by atoms with Crippen molar-refractivity contribution >= 4 is 120 Å². The van der Waals surface area contributed by atoms with Gasteiger partial charge in [-0.15, -0.1) is 0 Å². The highest BCUT2D eigenvalue weighted by molar-refractivity contribution is 6.35. The van der Waals surface area contributed by atoms with Gasteiger partial charge in [0.05, 0.1) is 49.4 Å². The van der Waals surface area contributed by atoms with Gasteiger partial charge in [-0.3, -0.25) is 0 Å². The molecule has 0 saturated heterocycles. The summed E-state index contributed by atoms with van der Waals surface area (Å²) >= 11 is 6.92. The molecule has 0 N–H and O–H groups in total. The first-order valence-corrected chi connectivity index (χ1v) is 44.0. The van der Waals surface area contributed by atoms with Crippen molar-refractivity contribution in [2.24, 2.45) is 0 Å². The Balaban J connectivity index is 0.000000124. The lowest BCUT2D eigenvalue weighted by Gasteiger charge is -2.17. The molecule has 1 aliphatic carbocycles. The molecule has 0 bridgehead atoms. The Morgan fingerprint density at radius 3 is 1.04 bits per heavy atom. The van der Waals surface area contributed by atoms with E-state index in [2.05, 4.69) is 420 Å². The van der Waals surface area contributed by atoms with E-state index in [0.29, 0.717) is 40.0 Å². The van der Waals surface area contributed by atoms with Crippen molar-refractivity contribution in [3.05, 3.63) is 465 Å². The fourth-order valence-corrected chi connectivity index (χ4v) is 19.5. The van der Waals surface area contributed by atoms with E-state index in [0.717, 1.165) is 145 Å². The number of hydrogen-bond donors (Lipinski definition) is 0. The van der Waals surface area contributed by atoms with E-state index < -0.39 is 0 Å². The minimum atomic E-state index is 0.538. The van der Waals surface area contributed by atoms with Gasteiger partial charge in [0.1, 0.15) is 0 Å². The number of para-hydroxylation sites is 5. The van der Waals surface area contributed by atoms with E-state index in [1.54, 1.807) is 0 Å². The van der Waals surface area contributed by atoms with E-state index in [4.69, 9.17) is 41.5 Å². The highest BCUT2D eigenvalue weighted by Gasteiger charge is 2.26. The molecule has 5 aromatic heterocycles. The van der Waals surface area contributed by atoms with Crippen LogP contribution in [0.1, 0.15) is 11.1 Å². The maximum Gasteiger partial charge on any atom is 0.166 e. The lowest BCUT2D eigenvalue weighted by atomic mass is 10.0. The van der Waals surface area contributed by atoms with Crippen LogP contribution < -0.4 is 0 Å². The van der Waals surface area contributed by atoms with E-state index in [9.17, 15) is 0 Å². The van der Waals surface area contributed by atoms with E-state index in [-0.39, 0.29) is 0 Å². The molecular weight excluding hydrogens is 1590 g/mol. The SMILES string of the molecule is Clc1ccc2ccccc2c1-c1nc(-c2ccc(-c3ccccc3)cc2)nc(-c2ccc3c(c2)c2ccccc2n3-c2ccccc2)n1.c1ccc(-c2ccc(-c3nc(-c4ccc5c(c4)c4ccccc4n5-c4ccccc4)nc(-c4c(-n5c6ccccc6c6cc7ccccc7cc65)ccc5ccccc45)n3)cc2)cc1.c1ccc2c(c1)Cc1cc3ccccc3cc1-2. The van der Waals surface area contributed by atoms with Crippen molar-refractivity contribution in [3.63, 3.8) is 0 Å². The first-order valence-electron chi connectivity index (χ1n) is 43.6. The Morgan fingerprint density at radius 2 is 0.527 bits per heavy atom. The number of nitrogens with zero attached hydrogens (tertiary/aromatic N) is 9. The average molecular weight is 1670 g/mol. The quantitative estimate of drug-likeness (QED) is 0.128. The molecule has 20 aromatic carbocycles. The van der Waals surface area contributed by atoms with Gasteiger partial charge in [0.2, 0.25) is 0 Å². The van der Waals surface area contributed by atoms with Gasteiger partial charge in [0.15, 0.2) is 34.9 Å². The van der Waals surface area contributed by atoms with Crippen molar-refractivity contribution in [2.75, 3.05) is 0 Å². The molecule has 0 saturated carbocycles. The van der Waals surface area contributed by atoms with Crippen molar-refractivity contribution in [3.8, 4) is 119 Å². The summed E-state index contributed by atoms with van der Waals surface area (Å²) in [4.78, 5) is 31.5. The Labute approximate surface area is 748 Å². The third-order valence-electron chi connectivity index (χ3n) is 25.3. The molecule has 0 fully saturated rings. The zero-order valence-electron chi connectivity index (χ0n) is 69.8. The molecule has 129 heavy (non-hydrogen) atoms. The average Bonchev–Trinajstić information content (AvgIpc) is 1.59. The normalized spacial score (nSPS) is 11.7. The maximum absolute atomic E-state index is 6.92. The fourth-order valence-electron chi connectivity index (χ4n) is 19.2. The van der Waals surface area contributed by atoms with Crippen molar-refractivity contribution in [1.82, 2.24) is 43.6 Å². The third-order valence-corrected chi connectivity index (χ3v) is 25.6. The zero-order valence-corrected chi connectivity index (χ0v) is 70.6. The molecule has 9 nitrogen and oxygen atoms in total. The van der Waals surface area contributed by atoms with E-state index in [1.165, 1.54) is 65.3 Å². The molecular formula is C119H76ClN9. The summed E-state index contributed by atoms with van der Waals surface area (Å²) in [5, 5.41) is 16.9. The van der Waals surface area contributed by atoms with Crippen LogP contribution in [0, 0.1) is 0 Å². The highest BCUT2D eigenvalue weighted by Crippen LogP contribution is 2.46. The van der Waals surface area contributed by atoms with Crippen molar-refractivity contribution in [2.45, 2.75) is 6.42 Å². The summed E-state index contributed by atoms with van der Waals surface area (Å²) in [6.07, 6.45) is 1.08. The van der Waals surface area contributed by atoms with Crippen LogP contribution in [0.2, 0.25) is 5.02 Å². The van der Waals surface area contributed by atoms with E-state index >= 15 is 0 Å². The third kappa shape index (κ3) is 13.7. The fraction of sp³-hybridized carbons (Fsp3) is 0.00840. The molecule has 0 amide bonds. The lowest BCUT2D eigenvalue weighted by molar-refractivity contribution is 1.07. The Hall–Kier alpha value is -16.9. The summed E-state index contributed by atoms with van der Waals surface area (Å²) in [7, 11) is 0. The van der Waals surface area contributed by atoms with E-state index in [1.807, 2.05) is 42.5 Å². The summed E-state index contributed by atoms with van der Waals surface area (Å²) in [5.41, 5.74) is 25.7. The zero-order chi connectivity index (χ0) is 85.4. The minimum absolute atomic E-state index is 0.538. The number of fused-ring (bicyclic) bond motifs is 16. The lowest BCUT2D eigenvalue weighted by Crippen LogP contribution is -2.04. The van der Waals surface area contributed by atoms with Crippen LogP contribution in [0.25, 0.3) is 227 Å². The predicted octanol–water partition coefficient (Wildman–Crippen LogP) is 30.9. The summed E-state index contributed by atoms with van der Waals surface area (Å²) in [5.74, 6) is 3.54. The maximum atomic E-state index is 6.92. The van der Waals surface area contributed by atoms with Gasteiger partial charge >= 0.3 is 0 Å². The molecule has 25 aromatic rings. The van der Waals surface area contributed by atoms with Gasteiger partial charge in [-0.25, -0.2) is 29.9 Å². The van der Waals surface area contributed by atoms with Crippen LogP contribution in [0.4, 0.5) is 0 Å². The first-order chi connectivity index (χ1) is 63.9. The molecule has 0 unspecified atom stereocenters. The van der Waals surface area contributed by atoms with Gasteiger partial charge < -0.3 is 13.7 Å². The summed E-state index contributed by atoms with van der Waals surface area (Å²) in [6.45, 7) is 0. The largest absolute Gasteiger partial charge is 0.309 e. The first kappa shape index (κ1) is 75.9. The molecule has 5 heterocycles. The Kier molecular flexibility index (Phi) is 18.8. The molecule has 1 aliphatic rings. The van der Waals surface area contributed by atoms with Crippen LogP contribution in [0.15, 0.2) is 449 Å². The summed E-state index contributed by atoms with van der Waals surface area (Å²) in [6, 6.07) is 158. The number of aromatic nitrogens is 9. The minimum Gasteiger partial charge on any atom is -0.309 e. The second-order valence-electron chi connectivity index (χ2n) is 32.9. The van der Waals surface area contributed by atoms with Crippen molar-refractivity contribution in [1.29, 1.82) is 0 Å². The molecule has 0 radical (unpaired) electrons.